The standard InChI is InChI=1S/C16H20FNO/c1-4-13-9-14(15(17)8-12(13)3)16(19)18-7-5-6-11(2)10-18/h4,8-9,11H,1,5-7,10H2,2-3H3. The molecule has 1 heterocycles. The zero-order valence-electron chi connectivity index (χ0n) is 11.6. The number of carbonyl (C=O) groups excluding carboxylic acids is 1. The Balaban J connectivity index is 2.30. The molecule has 0 spiro atoms. The number of rotatable bonds is 2. The quantitative estimate of drug-likeness (QED) is 0.795. The summed E-state index contributed by atoms with van der Waals surface area (Å²) in [6, 6.07) is 3.02. The maximum absolute atomic E-state index is 14.0. The van der Waals surface area contributed by atoms with Gasteiger partial charge in [-0.2, -0.15) is 0 Å². The summed E-state index contributed by atoms with van der Waals surface area (Å²) in [7, 11) is 0. The molecule has 1 amide bonds. The first-order valence-electron chi connectivity index (χ1n) is 6.74. The summed E-state index contributed by atoms with van der Waals surface area (Å²) in [5.41, 5.74) is 1.78. The highest BCUT2D eigenvalue weighted by atomic mass is 19.1. The largest absolute Gasteiger partial charge is 0.338 e. The van der Waals surface area contributed by atoms with Crippen LogP contribution in [0.15, 0.2) is 18.7 Å². The SMILES string of the molecule is C=Cc1cc(C(=O)N2CCCC(C)C2)c(F)cc1C. The Labute approximate surface area is 113 Å². The second-order valence-electron chi connectivity index (χ2n) is 5.39. The normalized spacial score (nSPS) is 19.3. The fourth-order valence-corrected chi connectivity index (χ4v) is 2.62. The average Bonchev–Trinajstić information content (AvgIpc) is 2.38. The van der Waals surface area contributed by atoms with Crippen molar-refractivity contribution in [1.29, 1.82) is 0 Å². The van der Waals surface area contributed by atoms with Crippen LogP contribution in [0, 0.1) is 18.7 Å². The van der Waals surface area contributed by atoms with E-state index in [1.807, 2.05) is 6.92 Å². The van der Waals surface area contributed by atoms with E-state index < -0.39 is 5.82 Å². The average molecular weight is 261 g/mol. The van der Waals surface area contributed by atoms with Crippen molar-refractivity contribution >= 4 is 12.0 Å². The Kier molecular flexibility index (Phi) is 4.03. The van der Waals surface area contributed by atoms with Gasteiger partial charge in [-0.25, -0.2) is 4.39 Å². The van der Waals surface area contributed by atoms with Crippen molar-refractivity contribution in [2.45, 2.75) is 26.7 Å². The molecule has 1 unspecified atom stereocenters. The number of likely N-dealkylation sites (tertiary alicyclic amines) is 1. The van der Waals surface area contributed by atoms with Gasteiger partial charge in [-0.1, -0.05) is 19.6 Å². The number of hydrogen-bond acceptors (Lipinski definition) is 1. The number of benzene rings is 1. The van der Waals surface area contributed by atoms with Gasteiger partial charge in [0.25, 0.3) is 5.91 Å². The molecule has 2 nitrogen and oxygen atoms in total. The summed E-state index contributed by atoms with van der Waals surface area (Å²) in [4.78, 5) is 14.2. The van der Waals surface area contributed by atoms with Crippen LogP contribution in [0.3, 0.4) is 0 Å². The van der Waals surface area contributed by atoms with E-state index in [9.17, 15) is 9.18 Å². The topological polar surface area (TPSA) is 20.3 Å². The summed E-state index contributed by atoms with van der Waals surface area (Å²) in [5, 5.41) is 0. The fraction of sp³-hybridized carbons (Fsp3) is 0.438. The first-order valence-corrected chi connectivity index (χ1v) is 6.74. The number of halogens is 1. The molecular formula is C16H20FNO. The zero-order valence-corrected chi connectivity index (χ0v) is 11.6. The van der Waals surface area contributed by atoms with Crippen molar-refractivity contribution in [3.63, 3.8) is 0 Å². The van der Waals surface area contributed by atoms with Crippen LogP contribution in [0.5, 0.6) is 0 Å². The molecule has 1 saturated heterocycles. The predicted molar refractivity (Wildman–Crippen MR) is 75.5 cm³/mol. The van der Waals surface area contributed by atoms with E-state index in [2.05, 4.69) is 13.5 Å². The van der Waals surface area contributed by atoms with E-state index in [1.54, 1.807) is 17.0 Å². The number of carbonyl (C=O) groups is 1. The lowest BCUT2D eigenvalue weighted by Gasteiger charge is -2.31. The Morgan fingerprint density at radius 3 is 2.89 bits per heavy atom. The Hall–Kier alpha value is -1.64. The first kappa shape index (κ1) is 13.8. The van der Waals surface area contributed by atoms with Crippen LogP contribution in [0.25, 0.3) is 6.08 Å². The Bertz CT molecular complexity index is 510. The Morgan fingerprint density at radius 1 is 1.53 bits per heavy atom. The minimum absolute atomic E-state index is 0.162. The molecule has 0 saturated carbocycles. The molecule has 1 atom stereocenters. The van der Waals surface area contributed by atoms with Gasteiger partial charge in [0.2, 0.25) is 0 Å². The molecule has 1 fully saturated rings. The van der Waals surface area contributed by atoms with Crippen LogP contribution in [0.1, 0.15) is 41.3 Å². The van der Waals surface area contributed by atoms with Crippen LogP contribution in [-0.2, 0) is 0 Å². The molecule has 1 aromatic rings. The van der Waals surface area contributed by atoms with E-state index >= 15 is 0 Å². The highest BCUT2D eigenvalue weighted by molar-refractivity contribution is 5.95. The van der Waals surface area contributed by atoms with Crippen molar-refractivity contribution in [1.82, 2.24) is 4.90 Å². The monoisotopic (exact) mass is 261 g/mol. The van der Waals surface area contributed by atoms with Crippen LogP contribution >= 0.6 is 0 Å². The highest BCUT2D eigenvalue weighted by Gasteiger charge is 2.24. The summed E-state index contributed by atoms with van der Waals surface area (Å²) in [6.45, 7) is 9.08. The van der Waals surface area contributed by atoms with Gasteiger partial charge in [-0.3, -0.25) is 4.79 Å². The summed E-state index contributed by atoms with van der Waals surface area (Å²) in [6.07, 6.45) is 3.79. The van der Waals surface area contributed by atoms with Crippen LogP contribution in [0.4, 0.5) is 4.39 Å². The molecule has 0 radical (unpaired) electrons. The lowest BCUT2D eigenvalue weighted by molar-refractivity contribution is 0.0678. The molecule has 1 aliphatic heterocycles. The molecule has 1 aliphatic rings. The van der Waals surface area contributed by atoms with Gasteiger partial charge in [-0.15, -0.1) is 0 Å². The summed E-state index contributed by atoms with van der Waals surface area (Å²) < 4.78 is 14.0. The van der Waals surface area contributed by atoms with Gasteiger partial charge in [0.1, 0.15) is 5.82 Å². The van der Waals surface area contributed by atoms with Gasteiger partial charge >= 0.3 is 0 Å². The minimum atomic E-state index is -0.439. The third-order valence-corrected chi connectivity index (χ3v) is 3.75. The fourth-order valence-electron chi connectivity index (χ4n) is 2.62. The number of aryl methyl sites for hydroxylation is 1. The van der Waals surface area contributed by atoms with Crippen molar-refractivity contribution in [3.05, 3.63) is 41.2 Å². The number of piperidine rings is 1. The van der Waals surface area contributed by atoms with Gasteiger partial charge in [0.15, 0.2) is 0 Å². The van der Waals surface area contributed by atoms with Crippen LogP contribution < -0.4 is 0 Å². The van der Waals surface area contributed by atoms with Gasteiger partial charge in [0.05, 0.1) is 5.56 Å². The zero-order chi connectivity index (χ0) is 14.0. The number of hydrogen-bond donors (Lipinski definition) is 0. The van der Waals surface area contributed by atoms with Crippen molar-refractivity contribution in [2.75, 3.05) is 13.1 Å². The van der Waals surface area contributed by atoms with Crippen molar-refractivity contribution in [2.24, 2.45) is 5.92 Å². The second-order valence-corrected chi connectivity index (χ2v) is 5.39. The van der Waals surface area contributed by atoms with Gasteiger partial charge < -0.3 is 4.90 Å². The van der Waals surface area contributed by atoms with E-state index in [4.69, 9.17) is 0 Å². The molecule has 1 aromatic carbocycles. The third-order valence-electron chi connectivity index (χ3n) is 3.75. The lowest BCUT2D eigenvalue weighted by atomic mass is 9.98. The minimum Gasteiger partial charge on any atom is -0.338 e. The molecule has 2 rings (SSSR count). The van der Waals surface area contributed by atoms with Crippen LogP contribution in [0.2, 0.25) is 0 Å². The third kappa shape index (κ3) is 2.86. The van der Waals surface area contributed by atoms with Crippen molar-refractivity contribution in [3.8, 4) is 0 Å². The molecule has 3 heteroatoms. The molecule has 19 heavy (non-hydrogen) atoms. The molecule has 0 N–H and O–H groups in total. The molecule has 102 valence electrons. The van der Waals surface area contributed by atoms with Gasteiger partial charge in [0, 0.05) is 13.1 Å². The summed E-state index contributed by atoms with van der Waals surface area (Å²) in [5.74, 6) is -0.149. The molecule has 0 aliphatic carbocycles. The van der Waals surface area contributed by atoms with Crippen molar-refractivity contribution < 1.29 is 9.18 Å². The van der Waals surface area contributed by atoms with E-state index in [0.717, 1.165) is 37.1 Å². The lowest BCUT2D eigenvalue weighted by Crippen LogP contribution is -2.39. The molecule has 0 aromatic heterocycles. The van der Waals surface area contributed by atoms with E-state index in [0.29, 0.717) is 5.92 Å². The summed E-state index contributed by atoms with van der Waals surface area (Å²) >= 11 is 0. The highest BCUT2D eigenvalue weighted by Crippen LogP contribution is 2.22. The Morgan fingerprint density at radius 2 is 2.26 bits per heavy atom. The van der Waals surface area contributed by atoms with E-state index in [-0.39, 0.29) is 11.5 Å². The number of amides is 1. The van der Waals surface area contributed by atoms with E-state index in [1.165, 1.54) is 6.07 Å². The smallest absolute Gasteiger partial charge is 0.256 e. The maximum atomic E-state index is 14.0. The predicted octanol–water partition coefficient (Wildman–Crippen LogP) is 3.65. The molecular weight excluding hydrogens is 241 g/mol. The molecule has 0 bridgehead atoms. The van der Waals surface area contributed by atoms with Gasteiger partial charge in [-0.05, 0) is 48.9 Å². The first-order chi connectivity index (χ1) is 9.02. The maximum Gasteiger partial charge on any atom is 0.256 e. The number of nitrogens with zero attached hydrogens (tertiary/aromatic N) is 1. The second kappa shape index (κ2) is 5.55. The van der Waals surface area contributed by atoms with Crippen LogP contribution in [-0.4, -0.2) is 23.9 Å².